The highest BCUT2D eigenvalue weighted by Gasteiger charge is 2.31. The summed E-state index contributed by atoms with van der Waals surface area (Å²) in [6, 6.07) is 27.3. The van der Waals surface area contributed by atoms with Crippen LogP contribution < -0.4 is 5.43 Å². The summed E-state index contributed by atoms with van der Waals surface area (Å²) in [5.41, 5.74) is 4.82. The van der Waals surface area contributed by atoms with Crippen LogP contribution in [0.3, 0.4) is 0 Å². The normalized spacial score (nSPS) is 17.9. The molecule has 3 aromatic carbocycles. The van der Waals surface area contributed by atoms with Gasteiger partial charge in [0, 0.05) is 43.8 Å². The van der Waals surface area contributed by atoms with Crippen LogP contribution in [0.5, 0.6) is 0 Å². The molecule has 5 nitrogen and oxygen atoms in total. The first-order valence-corrected chi connectivity index (χ1v) is 12.4. The Morgan fingerprint density at radius 3 is 2.09 bits per heavy atom. The molecular weight excluding hydrogens is 434 g/mol. The van der Waals surface area contributed by atoms with E-state index in [4.69, 9.17) is 0 Å². The van der Waals surface area contributed by atoms with Gasteiger partial charge in [-0.25, -0.2) is 0 Å². The maximum absolute atomic E-state index is 13.6. The van der Waals surface area contributed by atoms with E-state index >= 15 is 0 Å². The van der Waals surface area contributed by atoms with Crippen molar-refractivity contribution in [2.75, 3.05) is 26.2 Å². The number of amides is 1. The fraction of sp³-hybridized carbons (Fsp3) is 0.267. The lowest BCUT2D eigenvalue weighted by molar-refractivity contribution is 0.0595. The first-order chi connectivity index (χ1) is 17.1. The van der Waals surface area contributed by atoms with Crippen molar-refractivity contribution in [3.05, 3.63) is 118 Å². The first kappa shape index (κ1) is 21.8. The number of carbonyl (C=O) groups is 1. The third-order valence-electron chi connectivity index (χ3n) is 7.55. The quantitative estimate of drug-likeness (QED) is 0.442. The van der Waals surface area contributed by atoms with Gasteiger partial charge in [0.1, 0.15) is 5.56 Å². The Bertz CT molecular complexity index is 1400. The minimum atomic E-state index is -0.152. The smallest absolute Gasteiger partial charge is 0.259 e. The number of rotatable bonds is 4. The summed E-state index contributed by atoms with van der Waals surface area (Å²) in [6.45, 7) is 4.85. The van der Waals surface area contributed by atoms with Crippen LogP contribution in [-0.4, -0.2) is 46.5 Å². The van der Waals surface area contributed by atoms with Crippen LogP contribution >= 0.6 is 0 Å². The van der Waals surface area contributed by atoms with Crippen LogP contribution in [-0.2, 0) is 6.42 Å². The van der Waals surface area contributed by atoms with E-state index in [0.717, 1.165) is 25.0 Å². The van der Waals surface area contributed by atoms with Gasteiger partial charge in [-0.1, -0.05) is 72.8 Å². The zero-order chi connectivity index (χ0) is 23.9. The van der Waals surface area contributed by atoms with Crippen molar-refractivity contribution in [3.63, 3.8) is 0 Å². The fourth-order valence-corrected chi connectivity index (χ4v) is 5.81. The highest BCUT2D eigenvalue weighted by atomic mass is 16.2. The van der Waals surface area contributed by atoms with Gasteiger partial charge in [-0.2, -0.15) is 0 Å². The predicted molar refractivity (Wildman–Crippen MR) is 139 cm³/mol. The average Bonchev–Trinajstić information content (AvgIpc) is 3.23. The van der Waals surface area contributed by atoms with Gasteiger partial charge in [0.15, 0.2) is 0 Å². The van der Waals surface area contributed by atoms with Crippen molar-refractivity contribution < 1.29 is 4.79 Å². The molecule has 4 aromatic rings. The van der Waals surface area contributed by atoms with Crippen LogP contribution in [0.4, 0.5) is 0 Å². The van der Waals surface area contributed by atoms with Crippen LogP contribution in [0.15, 0.2) is 89.9 Å². The van der Waals surface area contributed by atoms with Crippen LogP contribution in [0.25, 0.3) is 10.9 Å². The monoisotopic (exact) mass is 463 g/mol. The lowest BCUT2D eigenvalue weighted by Gasteiger charge is -2.39. The molecule has 1 amide bonds. The van der Waals surface area contributed by atoms with Gasteiger partial charge in [0.2, 0.25) is 5.43 Å². The van der Waals surface area contributed by atoms with E-state index in [0.29, 0.717) is 24.0 Å². The van der Waals surface area contributed by atoms with Gasteiger partial charge in [-0.15, -0.1) is 0 Å². The summed E-state index contributed by atoms with van der Waals surface area (Å²) in [4.78, 5) is 31.2. The van der Waals surface area contributed by atoms with E-state index in [9.17, 15) is 9.59 Å². The van der Waals surface area contributed by atoms with Crippen molar-refractivity contribution in [1.82, 2.24) is 14.4 Å². The molecule has 2 aliphatic heterocycles. The number of nitrogens with zero attached hydrogens (tertiary/aromatic N) is 3. The lowest BCUT2D eigenvalue weighted by atomic mass is 9.96. The molecule has 1 atom stereocenters. The minimum absolute atomic E-state index is 0.140. The second-order valence-electron chi connectivity index (χ2n) is 9.70. The molecule has 1 unspecified atom stereocenters. The predicted octanol–water partition coefficient (Wildman–Crippen LogP) is 4.67. The van der Waals surface area contributed by atoms with Gasteiger partial charge >= 0.3 is 0 Å². The van der Waals surface area contributed by atoms with E-state index in [2.05, 4.69) is 71.0 Å². The molecule has 0 bridgehead atoms. The number of aromatic nitrogens is 1. The van der Waals surface area contributed by atoms with E-state index in [1.807, 2.05) is 29.2 Å². The Hall–Kier alpha value is -3.70. The molecule has 1 fully saturated rings. The molecule has 0 N–H and O–H groups in total. The molecule has 3 heterocycles. The fourth-order valence-electron chi connectivity index (χ4n) is 5.81. The molecule has 176 valence electrons. The standard InChI is InChI=1S/C30H29N3O2/c1-21-19-24-13-8-14-25-28(24)33(21)20-26(29(25)34)30(35)32-17-15-31(16-18-32)27(22-9-4-2-5-10-22)23-11-6-3-7-12-23/h2-14,20-21,27H,15-19H2,1H3. The van der Waals surface area contributed by atoms with Crippen molar-refractivity contribution >= 4 is 16.8 Å². The minimum Gasteiger partial charge on any atom is -0.343 e. The van der Waals surface area contributed by atoms with Gasteiger partial charge in [-0.3, -0.25) is 14.5 Å². The van der Waals surface area contributed by atoms with Crippen LogP contribution in [0.1, 0.15) is 46.1 Å². The van der Waals surface area contributed by atoms with E-state index in [1.165, 1.54) is 16.7 Å². The third-order valence-corrected chi connectivity index (χ3v) is 7.55. The summed E-state index contributed by atoms with van der Waals surface area (Å²) in [7, 11) is 0. The molecule has 6 rings (SSSR count). The number of hydrogen-bond acceptors (Lipinski definition) is 3. The SMILES string of the molecule is CC1Cc2cccc3c(=O)c(C(=O)N4CCN(C(c5ccccc5)c5ccccc5)CC4)cn1c23. The zero-order valence-electron chi connectivity index (χ0n) is 19.9. The Morgan fingerprint density at radius 1 is 0.829 bits per heavy atom. The second kappa shape index (κ2) is 8.82. The van der Waals surface area contributed by atoms with Gasteiger partial charge < -0.3 is 9.47 Å². The number of piperazine rings is 1. The summed E-state index contributed by atoms with van der Waals surface area (Å²) < 4.78 is 2.12. The molecule has 0 radical (unpaired) electrons. The average molecular weight is 464 g/mol. The topological polar surface area (TPSA) is 45.6 Å². The molecule has 0 saturated carbocycles. The Kier molecular flexibility index (Phi) is 5.50. The van der Waals surface area contributed by atoms with Gasteiger partial charge in [-0.05, 0) is 36.1 Å². The number of para-hydroxylation sites is 1. The molecular formula is C30H29N3O2. The van der Waals surface area contributed by atoms with Crippen molar-refractivity contribution in [1.29, 1.82) is 0 Å². The highest BCUT2D eigenvalue weighted by Crippen LogP contribution is 2.32. The molecule has 2 aliphatic rings. The second-order valence-corrected chi connectivity index (χ2v) is 9.70. The Labute approximate surface area is 205 Å². The number of pyridine rings is 1. The maximum atomic E-state index is 13.6. The lowest BCUT2D eigenvalue weighted by Crippen LogP contribution is -2.50. The van der Waals surface area contributed by atoms with Crippen molar-refractivity contribution in [2.45, 2.75) is 25.4 Å². The molecule has 1 aromatic heterocycles. The molecule has 0 spiro atoms. The summed E-state index contributed by atoms with van der Waals surface area (Å²) in [5, 5.41) is 0.657. The number of carbonyl (C=O) groups excluding carboxylic acids is 1. The summed E-state index contributed by atoms with van der Waals surface area (Å²) in [5.74, 6) is -0.152. The highest BCUT2D eigenvalue weighted by molar-refractivity contribution is 5.98. The van der Waals surface area contributed by atoms with Gasteiger partial charge in [0.05, 0.1) is 11.6 Å². The molecule has 1 saturated heterocycles. The zero-order valence-corrected chi connectivity index (χ0v) is 19.9. The van der Waals surface area contributed by atoms with Crippen LogP contribution in [0.2, 0.25) is 0 Å². The number of hydrogen-bond donors (Lipinski definition) is 0. The maximum Gasteiger partial charge on any atom is 0.259 e. The summed E-state index contributed by atoms with van der Waals surface area (Å²) >= 11 is 0. The van der Waals surface area contributed by atoms with Crippen molar-refractivity contribution in [2.24, 2.45) is 0 Å². The van der Waals surface area contributed by atoms with Crippen molar-refractivity contribution in [3.8, 4) is 0 Å². The number of benzene rings is 3. The van der Waals surface area contributed by atoms with E-state index < -0.39 is 0 Å². The first-order valence-electron chi connectivity index (χ1n) is 12.4. The molecule has 0 aliphatic carbocycles. The summed E-state index contributed by atoms with van der Waals surface area (Å²) in [6.07, 6.45) is 2.70. The molecule has 5 heteroatoms. The van der Waals surface area contributed by atoms with Crippen LogP contribution in [0, 0.1) is 0 Å². The third kappa shape index (κ3) is 3.76. The largest absolute Gasteiger partial charge is 0.343 e. The Morgan fingerprint density at radius 2 is 1.46 bits per heavy atom. The molecule has 35 heavy (non-hydrogen) atoms. The van der Waals surface area contributed by atoms with E-state index in [-0.39, 0.29) is 23.4 Å². The van der Waals surface area contributed by atoms with Gasteiger partial charge in [0.25, 0.3) is 5.91 Å². The Balaban J connectivity index is 1.27. The van der Waals surface area contributed by atoms with E-state index in [1.54, 1.807) is 6.20 Å².